The van der Waals surface area contributed by atoms with Gasteiger partial charge in [0.05, 0.1) is 29.6 Å². The highest BCUT2D eigenvalue weighted by Crippen LogP contribution is 2.31. The lowest BCUT2D eigenvalue weighted by atomic mass is 9.99. The first-order chi connectivity index (χ1) is 23.4. The number of carbonyl (C=O) groups excluding carboxylic acids is 3. The van der Waals surface area contributed by atoms with Gasteiger partial charge in [-0.2, -0.15) is 0 Å². The van der Waals surface area contributed by atoms with E-state index in [1.807, 2.05) is 38.2 Å². The summed E-state index contributed by atoms with van der Waals surface area (Å²) in [4.78, 5) is 43.2. The van der Waals surface area contributed by atoms with Crippen molar-refractivity contribution in [1.82, 2.24) is 15.0 Å². The standard InChI is InChI=1S/C36H43N7O6/c1-21-17-43(22(2)20-44)35(46)28-16-27(38-36(47)40-33-23(3)41-49-24(33)4)14-15-31(28)48-32(21)19-42(5)18-25-10-12-26(13-11-25)34(45)39-30-9-7-6-8-29(30)37/h6-16,21-22,32,44H,17-20,37H2,1-5H3,(H,39,45)(H2,38,40,47)/t21-,22+,32+/m0/s1. The summed E-state index contributed by atoms with van der Waals surface area (Å²) in [6.07, 6.45) is -0.312. The molecule has 258 valence electrons. The molecule has 0 saturated carbocycles. The molecule has 49 heavy (non-hydrogen) atoms. The Labute approximate surface area is 285 Å². The molecule has 4 amide bonds. The predicted octanol–water partition coefficient (Wildman–Crippen LogP) is 5.12. The highest BCUT2D eigenvalue weighted by atomic mass is 16.5. The van der Waals surface area contributed by atoms with Gasteiger partial charge >= 0.3 is 6.03 Å². The number of amides is 4. The quantitative estimate of drug-likeness (QED) is 0.144. The fourth-order valence-electron chi connectivity index (χ4n) is 5.71. The van der Waals surface area contributed by atoms with Crippen LogP contribution in [-0.4, -0.2) is 76.8 Å². The van der Waals surface area contributed by atoms with Crippen molar-refractivity contribution in [2.24, 2.45) is 5.92 Å². The molecule has 5 rings (SSSR count). The van der Waals surface area contributed by atoms with E-state index >= 15 is 0 Å². The third-order valence-corrected chi connectivity index (χ3v) is 8.56. The normalized spacial score (nSPS) is 16.6. The number of nitrogens with zero attached hydrogens (tertiary/aromatic N) is 3. The number of anilines is 4. The number of fused-ring (bicyclic) bond motifs is 1. The van der Waals surface area contributed by atoms with Crippen molar-refractivity contribution in [1.29, 1.82) is 0 Å². The maximum absolute atomic E-state index is 13.8. The van der Waals surface area contributed by atoms with Crippen LogP contribution in [0.4, 0.5) is 27.5 Å². The number of aliphatic hydroxyl groups is 1. The van der Waals surface area contributed by atoms with E-state index in [9.17, 15) is 19.5 Å². The molecule has 13 heteroatoms. The second-order valence-electron chi connectivity index (χ2n) is 12.5. The number of hydrogen-bond donors (Lipinski definition) is 5. The molecule has 0 saturated heterocycles. The molecule has 1 aliphatic heterocycles. The molecule has 0 aliphatic carbocycles. The van der Waals surface area contributed by atoms with Crippen LogP contribution in [0.15, 0.2) is 71.3 Å². The summed E-state index contributed by atoms with van der Waals surface area (Å²) in [5.74, 6) is 0.232. The first-order valence-corrected chi connectivity index (χ1v) is 16.1. The van der Waals surface area contributed by atoms with Crippen molar-refractivity contribution in [2.45, 2.75) is 46.4 Å². The van der Waals surface area contributed by atoms with Crippen LogP contribution in [0.1, 0.15) is 51.6 Å². The van der Waals surface area contributed by atoms with Crippen molar-refractivity contribution < 1.29 is 28.8 Å². The lowest BCUT2D eigenvalue weighted by molar-refractivity contribution is 0.0341. The molecule has 2 heterocycles. The molecule has 0 bridgehead atoms. The fourth-order valence-corrected chi connectivity index (χ4v) is 5.71. The van der Waals surface area contributed by atoms with Crippen molar-refractivity contribution in [3.63, 3.8) is 0 Å². The Morgan fingerprint density at radius 1 is 1.08 bits per heavy atom. The number of aliphatic hydroxyl groups excluding tert-OH is 1. The van der Waals surface area contributed by atoms with Crippen LogP contribution in [0, 0.1) is 19.8 Å². The second-order valence-corrected chi connectivity index (χ2v) is 12.5. The minimum atomic E-state index is -0.517. The number of nitrogens with one attached hydrogen (secondary N) is 3. The number of aryl methyl sites for hydroxylation is 2. The first-order valence-electron chi connectivity index (χ1n) is 16.1. The molecule has 0 unspecified atom stereocenters. The lowest BCUT2D eigenvalue weighted by Gasteiger charge is -2.38. The summed E-state index contributed by atoms with van der Waals surface area (Å²) in [6.45, 7) is 8.52. The Bertz CT molecular complexity index is 1790. The van der Waals surface area contributed by atoms with E-state index in [-0.39, 0.29) is 36.0 Å². The zero-order valence-electron chi connectivity index (χ0n) is 28.3. The number of benzene rings is 3. The van der Waals surface area contributed by atoms with Crippen LogP contribution in [0.3, 0.4) is 0 Å². The van der Waals surface area contributed by atoms with Crippen molar-refractivity contribution in [3.05, 3.63) is 94.9 Å². The van der Waals surface area contributed by atoms with Crippen molar-refractivity contribution in [3.8, 4) is 5.75 Å². The Morgan fingerprint density at radius 3 is 2.49 bits per heavy atom. The third-order valence-electron chi connectivity index (χ3n) is 8.56. The summed E-state index contributed by atoms with van der Waals surface area (Å²) < 4.78 is 11.6. The van der Waals surface area contributed by atoms with E-state index < -0.39 is 12.1 Å². The number of hydrogen-bond acceptors (Lipinski definition) is 9. The predicted molar refractivity (Wildman–Crippen MR) is 188 cm³/mol. The number of rotatable bonds is 10. The maximum atomic E-state index is 13.8. The number of ether oxygens (including phenoxy) is 1. The molecule has 3 atom stereocenters. The fraction of sp³-hybridized carbons (Fsp3) is 0.333. The molecular weight excluding hydrogens is 626 g/mol. The molecule has 0 radical (unpaired) electrons. The number of carbonyl (C=O) groups is 3. The van der Waals surface area contributed by atoms with Crippen molar-refractivity contribution >= 4 is 40.6 Å². The van der Waals surface area contributed by atoms with Gasteiger partial charge in [0.25, 0.3) is 11.8 Å². The third kappa shape index (κ3) is 8.37. The molecule has 1 aromatic heterocycles. The van der Waals surface area contributed by atoms with Crippen LogP contribution >= 0.6 is 0 Å². The molecule has 4 aromatic rings. The van der Waals surface area contributed by atoms with Gasteiger partial charge in [0, 0.05) is 36.8 Å². The zero-order chi connectivity index (χ0) is 35.2. The van der Waals surface area contributed by atoms with Crippen LogP contribution in [0.5, 0.6) is 5.75 Å². The number of nitrogen functional groups attached to an aromatic ring is 1. The number of nitrogens with two attached hydrogens (primary N) is 1. The second kappa shape index (κ2) is 15.2. The summed E-state index contributed by atoms with van der Waals surface area (Å²) >= 11 is 0. The van der Waals surface area contributed by atoms with E-state index in [2.05, 4.69) is 26.0 Å². The van der Waals surface area contributed by atoms with E-state index in [1.54, 1.807) is 68.1 Å². The highest BCUT2D eigenvalue weighted by molar-refractivity contribution is 6.06. The molecule has 1 aliphatic rings. The molecule has 0 spiro atoms. The van der Waals surface area contributed by atoms with Crippen LogP contribution in [-0.2, 0) is 6.54 Å². The number of urea groups is 1. The molecular formula is C36H43N7O6. The monoisotopic (exact) mass is 669 g/mol. The van der Waals surface area contributed by atoms with Gasteiger partial charge in [-0.25, -0.2) is 4.79 Å². The SMILES string of the molecule is Cc1noc(C)c1NC(=O)Nc1ccc2c(c1)C(=O)N([C@H](C)CO)C[C@H](C)[C@@H](CN(C)Cc1ccc(C(=O)Nc3ccccc3N)cc1)O2. The average Bonchev–Trinajstić information content (AvgIpc) is 3.39. The largest absolute Gasteiger partial charge is 0.488 e. The van der Waals surface area contributed by atoms with Gasteiger partial charge in [-0.15, -0.1) is 0 Å². The molecule has 13 nitrogen and oxygen atoms in total. The van der Waals surface area contributed by atoms with Gasteiger partial charge in [0.15, 0.2) is 5.76 Å². The topological polar surface area (TPSA) is 175 Å². The van der Waals surface area contributed by atoms with Gasteiger partial charge in [-0.3, -0.25) is 14.5 Å². The van der Waals surface area contributed by atoms with Gasteiger partial charge in [0.2, 0.25) is 0 Å². The van der Waals surface area contributed by atoms with Crippen LogP contribution in [0.2, 0.25) is 0 Å². The molecule has 3 aromatic carbocycles. The van der Waals surface area contributed by atoms with Crippen molar-refractivity contribution in [2.75, 3.05) is 48.4 Å². The summed E-state index contributed by atoms with van der Waals surface area (Å²) in [6, 6.07) is 18.5. The number of aromatic nitrogens is 1. The molecule has 0 fully saturated rings. The van der Waals surface area contributed by atoms with Gasteiger partial charge < -0.3 is 41.0 Å². The summed E-state index contributed by atoms with van der Waals surface area (Å²) in [7, 11) is 1.98. The zero-order valence-corrected chi connectivity index (χ0v) is 28.3. The van der Waals surface area contributed by atoms with E-state index in [4.69, 9.17) is 15.0 Å². The Balaban J connectivity index is 1.29. The minimum Gasteiger partial charge on any atom is -0.488 e. The summed E-state index contributed by atoms with van der Waals surface area (Å²) in [5.41, 5.74) is 10.2. The van der Waals surface area contributed by atoms with Crippen LogP contribution in [0.25, 0.3) is 0 Å². The molecule has 6 N–H and O–H groups in total. The average molecular weight is 670 g/mol. The Hall–Kier alpha value is -5.40. The van der Waals surface area contributed by atoms with Gasteiger partial charge in [-0.05, 0) is 75.8 Å². The first kappa shape index (κ1) is 34.9. The highest BCUT2D eigenvalue weighted by Gasteiger charge is 2.33. The Kier molecular flexibility index (Phi) is 10.8. The maximum Gasteiger partial charge on any atom is 0.323 e. The van der Waals surface area contributed by atoms with E-state index in [0.29, 0.717) is 65.2 Å². The number of likely N-dealkylation sites (N-methyl/N-ethyl adjacent to an activating group) is 1. The van der Waals surface area contributed by atoms with Gasteiger partial charge in [-0.1, -0.05) is 36.3 Å². The van der Waals surface area contributed by atoms with Gasteiger partial charge in [0.1, 0.15) is 23.2 Å². The number of para-hydroxylation sites is 2. The lowest BCUT2D eigenvalue weighted by Crippen LogP contribution is -2.49. The van der Waals surface area contributed by atoms with E-state index in [0.717, 1.165) is 5.56 Å². The summed E-state index contributed by atoms with van der Waals surface area (Å²) in [5, 5.41) is 22.2. The van der Waals surface area contributed by atoms with E-state index in [1.165, 1.54) is 0 Å². The minimum absolute atomic E-state index is 0.0799. The smallest absolute Gasteiger partial charge is 0.323 e. The van der Waals surface area contributed by atoms with Crippen LogP contribution < -0.4 is 26.4 Å². The Morgan fingerprint density at radius 2 is 1.82 bits per heavy atom.